The molecule has 2 heterocycles. The molecule has 1 fully saturated rings. The molecule has 1 saturated heterocycles. The van der Waals surface area contributed by atoms with E-state index in [9.17, 15) is 18.3 Å². The van der Waals surface area contributed by atoms with Gasteiger partial charge in [0.05, 0.1) is 0 Å². The van der Waals surface area contributed by atoms with Crippen molar-refractivity contribution < 1.29 is 28.1 Å². The normalized spacial score (nSPS) is 35.6. The molecule has 0 radical (unpaired) electrons. The Labute approximate surface area is 122 Å². The Balaban J connectivity index is 2.61. The molecule has 1 aliphatic rings. The summed E-state index contributed by atoms with van der Waals surface area (Å²) in [6, 6.07) is 0. The largest absolute Gasteiger partial charge is 0.390 e. The van der Waals surface area contributed by atoms with Gasteiger partial charge in [-0.2, -0.15) is 4.98 Å². The number of alkyl halides is 2. The average Bonchev–Trinajstić information content (AvgIpc) is 2.66. The smallest absolute Gasteiger partial charge is 0.264 e. The molecule has 1 aromatic rings. The first-order valence-electron chi connectivity index (χ1n) is 5.56. The average molecular weight is 321 g/mol. The fraction of sp³-hybridized carbons (Fsp3) is 0.455. The van der Waals surface area contributed by atoms with Crippen LogP contribution in [0.5, 0.6) is 0 Å². The number of halogens is 3. The van der Waals surface area contributed by atoms with Gasteiger partial charge in [-0.25, -0.2) is 13.2 Å². The van der Waals surface area contributed by atoms with Crippen molar-refractivity contribution in [3.63, 3.8) is 0 Å². The number of aliphatic hydroxyl groups is 2. The molecule has 0 aromatic carbocycles. The number of aromatic nitrogens is 2. The molecule has 4 N–H and O–H groups in total. The number of anilines is 1. The Kier molecular flexibility index (Phi) is 3.71. The maximum atomic E-state index is 14.7. The van der Waals surface area contributed by atoms with Gasteiger partial charge in [0.25, 0.3) is 5.85 Å². The Morgan fingerprint density at radius 1 is 1.62 bits per heavy atom. The minimum atomic E-state index is -3.17. The van der Waals surface area contributed by atoms with Gasteiger partial charge < -0.3 is 20.7 Å². The maximum Gasteiger partial charge on any atom is 0.264 e. The molecule has 1 aromatic heterocycles. The topological polar surface area (TPSA) is 93.5 Å². The van der Waals surface area contributed by atoms with Gasteiger partial charge in [0.1, 0.15) is 6.61 Å². The monoisotopic (exact) mass is 321 g/mol. The van der Waals surface area contributed by atoms with Gasteiger partial charge in [0, 0.05) is 6.20 Å². The lowest BCUT2D eigenvalue weighted by Crippen LogP contribution is -2.47. The van der Waals surface area contributed by atoms with Crippen molar-refractivity contribution in [2.75, 3.05) is 12.3 Å². The van der Waals surface area contributed by atoms with E-state index in [1.165, 1.54) is 0 Å². The van der Waals surface area contributed by atoms with Crippen LogP contribution in [0.4, 0.5) is 19.0 Å². The van der Waals surface area contributed by atoms with Crippen molar-refractivity contribution in [2.45, 2.75) is 23.9 Å². The molecular formula is C11H10F3N3O3S. The van der Waals surface area contributed by atoms with Crippen LogP contribution >= 0.6 is 12.2 Å². The lowest BCUT2D eigenvalue weighted by Gasteiger charge is -2.24. The van der Waals surface area contributed by atoms with E-state index in [-0.39, 0.29) is 0 Å². The molecule has 6 nitrogen and oxygen atoms in total. The van der Waals surface area contributed by atoms with Crippen molar-refractivity contribution in [1.82, 2.24) is 9.55 Å². The fourth-order valence-corrected chi connectivity index (χ4v) is 2.19. The summed E-state index contributed by atoms with van der Waals surface area (Å²) in [7, 11) is 0. The number of nitrogens with zero attached hydrogens (tertiary/aromatic N) is 2. The van der Waals surface area contributed by atoms with Crippen LogP contribution in [0.1, 0.15) is 6.23 Å². The Morgan fingerprint density at radius 2 is 2.24 bits per heavy atom. The standard InChI is InChI=1S/C11H10F3N3O3S/c1-2-10(13)7(19)11(14,4-18)20-8(10)17-3-5(12)6(15)16-9(17)21/h1,3,7-8,18-19H,4H2,(H2,15,16,21). The van der Waals surface area contributed by atoms with Crippen LogP contribution in [-0.4, -0.2) is 44.0 Å². The first-order chi connectivity index (χ1) is 9.69. The summed E-state index contributed by atoms with van der Waals surface area (Å²) >= 11 is 4.76. The number of hydrogen-bond donors (Lipinski definition) is 3. The van der Waals surface area contributed by atoms with E-state index >= 15 is 0 Å². The third kappa shape index (κ3) is 2.18. The van der Waals surface area contributed by atoms with Crippen LogP contribution in [0.25, 0.3) is 0 Å². The van der Waals surface area contributed by atoms with Crippen molar-refractivity contribution in [2.24, 2.45) is 0 Å². The molecule has 2 rings (SSSR count). The number of rotatable bonds is 2. The highest BCUT2D eigenvalue weighted by molar-refractivity contribution is 7.71. The van der Waals surface area contributed by atoms with Gasteiger partial charge in [-0.3, -0.25) is 4.57 Å². The minimum absolute atomic E-state index is 0.439. The van der Waals surface area contributed by atoms with Crippen LogP contribution in [0.15, 0.2) is 6.20 Å². The molecule has 21 heavy (non-hydrogen) atoms. The number of ether oxygens (including phenoxy) is 1. The molecular weight excluding hydrogens is 311 g/mol. The molecule has 114 valence electrons. The van der Waals surface area contributed by atoms with Crippen LogP contribution < -0.4 is 5.73 Å². The van der Waals surface area contributed by atoms with E-state index < -0.39 is 46.9 Å². The van der Waals surface area contributed by atoms with E-state index in [0.717, 1.165) is 0 Å². The predicted octanol–water partition coefficient (Wildman–Crippen LogP) is 0.223. The molecule has 4 unspecified atom stereocenters. The van der Waals surface area contributed by atoms with E-state index in [2.05, 4.69) is 9.72 Å². The van der Waals surface area contributed by atoms with E-state index in [1.54, 1.807) is 5.92 Å². The van der Waals surface area contributed by atoms with Gasteiger partial charge >= 0.3 is 0 Å². The zero-order valence-electron chi connectivity index (χ0n) is 10.3. The van der Waals surface area contributed by atoms with Crippen molar-refractivity contribution in [3.8, 4) is 12.3 Å². The van der Waals surface area contributed by atoms with Gasteiger partial charge in [0.15, 0.2) is 24.0 Å². The van der Waals surface area contributed by atoms with Gasteiger partial charge in [0.2, 0.25) is 10.4 Å². The summed E-state index contributed by atoms with van der Waals surface area (Å²) in [6.07, 6.45) is 1.07. The van der Waals surface area contributed by atoms with Gasteiger partial charge in [-0.1, -0.05) is 5.92 Å². The summed E-state index contributed by atoms with van der Waals surface area (Å²) < 4.78 is 47.0. The number of nitrogens with two attached hydrogens (primary N) is 1. The third-order valence-electron chi connectivity index (χ3n) is 3.10. The molecule has 0 bridgehead atoms. The quantitative estimate of drug-likeness (QED) is 0.533. The number of terminal acetylenes is 1. The van der Waals surface area contributed by atoms with Crippen LogP contribution in [-0.2, 0) is 4.74 Å². The SMILES string of the molecule is C#CC1(F)C(n2cc(F)c(N)nc2=S)OC(F)(CO)C1O. The molecule has 0 spiro atoms. The zero-order valence-corrected chi connectivity index (χ0v) is 11.1. The third-order valence-corrected chi connectivity index (χ3v) is 3.40. The fourth-order valence-electron chi connectivity index (χ4n) is 1.94. The molecule has 4 atom stereocenters. The molecule has 0 saturated carbocycles. The highest BCUT2D eigenvalue weighted by Crippen LogP contribution is 2.47. The second-order valence-electron chi connectivity index (χ2n) is 4.39. The zero-order chi connectivity index (χ0) is 16.0. The highest BCUT2D eigenvalue weighted by atomic mass is 32.1. The number of nitrogen functional groups attached to an aromatic ring is 1. The van der Waals surface area contributed by atoms with E-state index in [4.69, 9.17) is 29.5 Å². The maximum absolute atomic E-state index is 14.7. The molecule has 1 aliphatic heterocycles. The first-order valence-corrected chi connectivity index (χ1v) is 5.97. The highest BCUT2D eigenvalue weighted by Gasteiger charge is 2.66. The Hall–Kier alpha value is -1.67. The summed E-state index contributed by atoms with van der Waals surface area (Å²) in [5.41, 5.74) is 2.09. The van der Waals surface area contributed by atoms with Crippen LogP contribution in [0, 0.1) is 22.9 Å². The van der Waals surface area contributed by atoms with Crippen molar-refractivity contribution in [3.05, 3.63) is 16.8 Å². The number of hydrogen-bond acceptors (Lipinski definition) is 6. The predicted molar refractivity (Wildman–Crippen MR) is 67.2 cm³/mol. The van der Waals surface area contributed by atoms with Crippen LogP contribution in [0.3, 0.4) is 0 Å². The molecule has 10 heteroatoms. The lowest BCUT2D eigenvalue weighted by atomic mass is 9.96. The Morgan fingerprint density at radius 3 is 2.76 bits per heavy atom. The minimum Gasteiger partial charge on any atom is -0.390 e. The second kappa shape index (κ2) is 4.96. The summed E-state index contributed by atoms with van der Waals surface area (Å²) in [5, 5.41) is 18.6. The summed E-state index contributed by atoms with van der Waals surface area (Å²) in [4.78, 5) is 3.41. The van der Waals surface area contributed by atoms with Crippen LogP contribution in [0.2, 0.25) is 0 Å². The Bertz CT molecular complexity index is 679. The molecule has 0 aliphatic carbocycles. The van der Waals surface area contributed by atoms with Gasteiger partial charge in [-0.05, 0) is 12.2 Å². The van der Waals surface area contributed by atoms with Crippen molar-refractivity contribution >= 4 is 18.0 Å². The van der Waals surface area contributed by atoms with E-state index in [1.807, 2.05) is 0 Å². The summed E-state index contributed by atoms with van der Waals surface area (Å²) in [6.45, 7) is -1.36. The second-order valence-corrected chi connectivity index (χ2v) is 4.76. The van der Waals surface area contributed by atoms with Crippen molar-refractivity contribution in [1.29, 1.82) is 0 Å². The lowest BCUT2D eigenvalue weighted by molar-refractivity contribution is -0.207. The van der Waals surface area contributed by atoms with Gasteiger partial charge in [-0.15, -0.1) is 6.42 Å². The molecule has 0 amide bonds. The first kappa shape index (κ1) is 15.7. The summed E-state index contributed by atoms with van der Waals surface area (Å²) in [5.74, 6) is -3.24. The van der Waals surface area contributed by atoms with E-state index in [0.29, 0.717) is 10.8 Å². The number of aliphatic hydroxyl groups excluding tert-OH is 2.